The number of ether oxygens (including phenoxy) is 1. The average Bonchev–Trinajstić information content (AvgIpc) is 3.10. The van der Waals surface area contributed by atoms with Gasteiger partial charge in [-0.15, -0.1) is 4.72 Å². The molecule has 0 spiro atoms. The third kappa shape index (κ3) is 4.80. The molecule has 1 aromatic rings. The van der Waals surface area contributed by atoms with Gasteiger partial charge in [-0.25, -0.2) is 4.79 Å². The molecule has 1 aliphatic heterocycles. The number of carbonyl (C=O) groups is 1. The lowest BCUT2D eigenvalue weighted by Gasteiger charge is -2.30. The number of carboxylic acid groups (broad SMARTS) is 1. The van der Waals surface area contributed by atoms with Crippen LogP contribution in [0.3, 0.4) is 0 Å². The van der Waals surface area contributed by atoms with Gasteiger partial charge in [-0.2, -0.15) is 0 Å². The van der Waals surface area contributed by atoms with Gasteiger partial charge in [-0.3, -0.25) is 0 Å². The first-order valence-corrected chi connectivity index (χ1v) is 11.3. The number of nitrogens with zero attached hydrogens (tertiary/aromatic N) is 1. The summed E-state index contributed by atoms with van der Waals surface area (Å²) in [6, 6.07) is 3.12. The standard InChI is InChI=1S/C20H26Cl2N2O4S/c1-5-6-28-16-8-15(22)14(21)7-11(16)18(23-29(27)20(2,3)4)17-12-9-24(19(25)26)10-13(12)17/h5,7-8,12-13,17-18,23H,1,6,9-10H2,2-4H3,(H,25,26)/t12-,13+,17-,18?,29?. The molecule has 2 unspecified atom stereocenters. The Kier molecular flexibility index (Phi) is 6.65. The molecule has 29 heavy (non-hydrogen) atoms. The van der Waals surface area contributed by atoms with E-state index in [-0.39, 0.29) is 23.8 Å². The Hall–Kier alpha value is -1.12. The molecule has 1 saturated carbocycles. The molecule has 9 heteroatoms. The summed E-state index contributed by atoms with van der Waals surface area (Å²) in [6.45, 7) is 10.6. The number of hydrogen-bond acceptors (Lipinski definition) is 4. The monoisotopic (exact) mass is 460 g/mol. The van der Waals surface area contributed by atoms with E-state index in [2.05, 4.69) is 11.3 Å². The lowest BCUT2D eigenvalue weighted by molar-refractivity contribution is 0.147. The Morgan fingerprint density at radius 3 is 2.52 bits per heavy atom. The van der Waals surface area contributed by atoms with Crippen molar-refractivity contribution in [1.29, 1.82) is 0 Å². The summed E-state index contributed by atoms with van der Waals surface area (Å²) in [5, 5.41) is 10.0. The molecule has 160 valence electrons. The van der Waals surface area contributed by atoms with E-state index in [9.17, 15) is 14.5 Å². The minimum Gasteiger partial charge on any atom is -0.598 e. The maximum Gasteiger partial charge on any atom is 0.407 e. The Morgan fingerprint density at radius 2 is 2.00 bits per heavy atom. The second-order valence-corrected chi connectivity index (χ2v) is 11.3. The first-order valence-electron chi connectivity index (χ1n) is 9.43. The van der Waals surface area contributed by atoms with Gasteiger partial charge in [0.15, 0.2) is 0 Å². The minimum absolute atomic E-state index is 0.139. The maximum atomic E-state index is 12.9. The Labute approximate surface area is 184 Å². The summed E-state index contributed by atoms with van der Waals surface area (Å²) in [6.07, 6.45) is 0.738. The molecule has 2 fully saturated rings. The number of piperidine rings is 1. The average molecular weight is 461 g/mol. The zero-order valence-electron chi connectivity index (χ0n) is 16.7. The molecule has 3 rings (SSSR count). The Balaban J connectivity index is 1.93. The van der Waals surface area contributed by atoms with Gasteiger partial charge in [0.05, 0.1) is 16.1 Å². The van der Waals surface area contributed by atoms with Crippen molar-refractivity contribution in [1.82, 2.24) is 9.62 Å². The lowest BCUT2D eigenvalue weighted by atomic mass is 9.99. The Bertz CT molecular complexity index is 789. The number of amides is 1. The fourth-order valence-electron chi connectivity index (χ4n) is 3.93. The van der Waals surface area contributed by atoms with E-state index < -0.39 is 22.2 Å². The van der Waals surface area contributed by atoms with Gasteiger partial charge in [0.1, 0.15) is 17.1 Å². The Morgan fingerprint density at radius 1 is 1.41 bits per heavy atom. The first-order chi connectivity index (χ1) is 13.5. The molecule has 1 aliphatic carbocycles. The van der Waals surface area contributed by atoms with Crippen LogP contribution in [-0.2, 0) is 11.4 Å². The summed E-state index contributed by atoms with van der Waals surface area (Å²) < 4.78 is 21.6. The normalized spacial score (nSPS) is 25.3. The number of likely N-dealkylation sites (tertiary alicyclic amines) is 1. The third-order valence-electron chi connectivity index (χ3n) is 5.45. The zero-order valence-corrected chi connectivity index (χ0v) is 19.0. The number of rotatable bonds is 7. The summed E-state index contributed by atoms with van der Waals surface area (Å²) in [7, 11) is 0. The van der Waals surface area contributed by atoms with Crippen LogP contribution in [0.15, 0.2) is 24.8 Å². The highest BCUT2D eigenvalue weighted by atomic mass is 35.5. The predicted octanol–water partition coefficient (Wildman–Crippen LogP) is 4.51. The molecule has 2 aliphatic rings. The second kappa shape index (κ2) is 8.55. The van der Waals surface area contributed by atoms with Crippen LogP contribution in [0.1, 0.15) is 32.4 Å². The predicted molar refractivity (Wildman–Crippen MR) is 116 cm³/mol. The molecule has 1 heterocycles. The summed E-state index contributed by atoms with van der Waals surface area (Å²) in [5.74, 6) is 1.12. The van der Waals surface area contributed by atoms with Crippen LogP contribution in [0.5, 0.6) is 5.75 Å². The number of benzene rings is 1. The quantitative estimate of drug-likeness (QED) is 0.461. The maximum absolute atomic E-state index is 12.9. The van der Waals surface area contributed by atoms with Crippen LogP contribution >= 0.6 is 23.2 Å². The number of nitrogens with one attached hydrogen (secondary N) is 1. The van der Waals surface area contributed by atoms with Crippen molar-refractivity contribution in [2.24, 2.45) is 17.8 Å². The van der Waals surface area contributed by atoms with Gasteiger partial charge < -0.3 is 19.3 Å². The van der Waals surface area contributed by atoms with Crippen LogP contribution < -0.4 is 9.46 Å². The third-order valence-corrected chi connectivity index (χ3v) is 7.75. The number of halogens is 2. The van der Waals surface area contributed by atoms with Crippen molar-refractivity contribution in [2.45, 2.75) is 31.6 Å². The molecule has 0 bridgehead atoms. The van der Waals surface area contributed by atoms with Crippen LogP contribution in [0.4, 0.5) is 4.79 Å². The molecule has 0 radical (unpaired) electrons. The molecule has 0 aromatic heterocycles. The zero-order chi connectivity index (χ0) is 21.5. The molecular formula is C20H26Cl2N2O4S. The van der Waals surface area contributed by atoms with Gasteiger partial charge >= 0.3 is 6.09 Å². The van der Waals surface area contributed by atoms with Crippen molar-refractivity contribution in [2.75, 3.05) is 19.7 Å². The number of fused-ring (bicyclic) bond motifs is 1. The van der Waals surface area contributed by atoms with E-state index >= 15 is 0 Å². The van der Waals surface area contributed by atoms with Gasteiger partial charge in [-0.05, 0) is 44.6 Å². The van der Waals surface area contributed by atoms with Gasteiger partial charge in [0.25, 0.3) is 0 Å². The second-order valence-electron chi connectivity index (χ2n) is 8.47. The molecule has 1 amide bonds. The lowest BCUT2D eigenvalue weighted by Crippen LogP contribution is -2.43. The highest BCUT2D eigenvalue weighted by molar-refractivity contribution is 7.90. The summed E-state index contributed by atoms with van der Waals surface area (Å²) in [4.78, 5) is 12.7. The van der Waals surface area contributed by atoms with Crippen molar-refractivity contribution >= 4 is 40.7 Å². The molecular weight excluding hydrogens is 435 g/mol. The fraction of sp³-hybridized carbons (Fsp3) is 0.550. The summed E-state index contributed by atoms with van der Waals surface area (Å²) >= 11 is 11.2. The molecule has 1 aromatic carbocycles. The smallest absolute Gasteiger partial charge is 0.407 e. The molecule has 6 nitrogen and oxygen atoms in total. The molecule has 2 N–H and O–H groups in total. The fourth-order valence-corrected chi connectivity index (χ4v) is 5.12. The van der Waals surface area contributed by atoms with Crippen molar-refractivity contribution in [3.05, 3.63) is 40.4 Å². The topological polar surface area (TPSA) is 84.9 Å². The molecule has 5 atom stereocenters. The van der Waals surface area contributed by atoms with E-state index in [1.54, 1.807) is 18.2 Å². The molecule has 1 saturated heterocycles. The SMILES string of the molecule is C=CCOc1cc(Cl)c(Cl)cc1C(N[S+]([O-])C(C)(C)C)[C@@H]1[C@@H]2CN(C(=O)O)C[C@@H]21. The van der Waals surface area contributed by atoms with Crippen molar-refractivity contribution in [3.63, 3.8) is 0 Å². The van der Waals surface area contributed by atoms with E-state index in [0.717, 1.165) is 5.56 Å². The first kappa shape index (κ1) is 22.6. The van der Waals surface area contributed by atoms with Gasteiger partial charge in [0.2, 0.25) is 0 Å². The van der Waals surface area contributed by atoms with Crippen LogP contribution in [0.2, 0.25) is 10.0 Å². The summed E-state index contributed by atoms with van der Waals surface area (Å²) in [5.41, 5.74) is 0.778. The van der Waals surface area contributed by atoms with Crippen LogP contribution in [0, 0.1) is 17.8 Å². The van der Waals surface area contributed by atoms with Crippen LogP contribution in [-0.4, -0.2) is 45.1 Å². The van der Waals surface area contributed by atoms with E-state index in [4.69, 9.17) is 27.9 Å². The highest BCUT2D eigenvalue weighted by Crippen LogP contribution is 2.59. The van der Waals surface area contributed by atoms with Crippen LogP contribution in [0.25, 0.3) is 0 Å². The van der Waals surface area contributed by atoms with Crippen molar-refractivity contribution < 1.29 is 19.2 Å². The minimum atomic E-state index is -1.33. The number of hydrogen-bond donors (Lipinski definition) is 2. The van der Waals surface area contributed by atoms with E-state index in [1.807, 2.05) is 20.8 Å². The van der Waals surface area contributed by atoms with Crippen molar-refractivity contribution in [3.8, 4) is 5.75 Å². The highest BCUT2D eigenvalue weighted by Gasteiger charge is 2.61. The van der Waals surface area contributed by atoms with Gasteiger partial charge in [-0.1, -0.05) is 35.9 Å². The van der Waals surface area contributed by atoms with E-state index in [1.165, 1.54) is 4.90 Å². The van der Waals surface area contributed by atoms with E-state index in [0.29, 0.717) is 35.5 Å². The largest absolute Gasteiger partial charge is 0.598 e. The van der Waals surface area contributed by atoms with Gasteiger partial charge in [0, 0.05) is 36.1 Å².